The van der Waals surface area contributed by atoms with Gasteiger partial charge in [0.2, 0.25) is 6.20 Å². The van der Waals surface area contributed by atoms with Crippen LogP contribution in [0, 0.1) is 0 Å². The first-order valence-electron chi connectivity index (χ1n) is 6.26. The van der Waals surface area contributed by atoms with Gasteiger partial charge in [-0.25, -0.2) is 4.79 Å². The van der Waals surface area contributed by atoms with Crippen LogP contribution >= 0.6 is 0 Å². The summed E-state index contributed by atoms with van der Waals surface area (Å²) in [5.74, 6) is 0.276. The van der Waals surface area contributed by atoms with Crippen LogP contribution in [0.15, 0.2) is 42.9 Å². The summed E-state index contributed by atoms with van der Waals surface area (Å²) < 4.78 is 10.9. The topological polar surface area (TPSA) is 84.6 Å². The van der Waals surface area contributed by atoms with Crippen molar-refractivity contribution in [2.75, 3.05) is 7.11 Å². The Hall–Kier alpha value is -2.83. The molecule has 2 aromatic rings. The van der Waals surface area contributed by atoms with Gasteiger partial charge in [0.15, 0.2) is 0 Å². The van der Waals surface area contributed by atoms with Gasteiger partial charge < -0.3 is 14.8 Å². The minimum absolute atomic E-state index is 0.161. The Bertz CT molecular complexity index is 604. The third kappa shape index (κ3) is 4.34. The summed E-state index contributed by atoms with van der Waals surface area (Å²) in [6.07, 6.45) is 4.19. The average Bonchev–Trinajstić information content (AvgIpc) is 2.53. The van der Waals surface area contributed by atoms with Crippen LogP contribution in [0.25, 0.3) is 0 Å². The number of nitrogens with zero attached hydrogens (tertiary/aromatic N) is 2. The van der Waals surface area contributed by atoms with E-state index < -0.39 is 6.09 Å². The zero-order valence-electron chi connectivity index (χ0n) is 11.5. The fraction of sp³-hybridized carbons (Fsp3) is 0.214. The fourth-order valence-corrected chi connectivity index (χ4v) is 1.63. The maximum absolute atomic E-state index is 11.6. The molecule has 0 aliphatic carbocycles. The second-order valence-corrected chi connectivity index (χ2v) is 4.21. The largest absolute Gasteiger partial charge is 0.445 e. The molecule has 2 N–H and O–H groups in total. The predicted molar refractivity (Wildman–Crippen MR) is 71.6 cm³/mol. The van der Waals surface area contributed by atoms with Crippen LogP contribution in [-0.2, 0) is 17.9 Å². The number of carbonyl (C=O) groups is 1. The van der Waals surface area contributed by atoms with Gasteiger partial charge in [0.25, 0.3) is 0 Å². The Morgan fingerprint density at radius 2 is 2.29 bits per heavy atom. The van der Waals surface area contributed by atoms with E-state index in [2.05, 4.69) is 10.3 Å². The highest BCUT2D eigenvalue weighted by Crippen LogP contribution is 2.06. The van der Waals surface area contributed by atoms with E-state index in [9.17, 15) is 10.0 Å². The quantitative estimate of drug-likeness (QED) is 0.635. The van der Waals surface area contributed by atoms with Crippen LogP contribution < -0.4 is 14.8 Å². The molecule has 2 heterocycles. The molecule has 0 unspecified atom stereocenters. The predicted octanol–water partition coefficient (Wildman–Crippen LogP) is 1.04. The van der Waals surface area contributed by atoms with Gasteiger partial charge >= 0.3 is 12.0 Å². The van der Waals surface area contributed by atoms with Crippen LogP contribution in [0.1, 0.15) is 11.1 Å². The summed E-state index contributed by atoms with van der Waals surface area (Å²) in [5.41, 5.74) is 1.59. The molecule has 0 bridgehead atoms. The van der Waals surface area contributed by atoms with Crippen LogP contribution in [-0.4, -0.2) is 23.4 Å². The van der Waals surface area contributed by atoms with Crippen LogP contribution in [0.3, 0.4) is 0 Å². The Morgan fingerprint density at radius 3 is 3.00 bits per heavy atom. The number of ether oxygens (including phenoxy) is 2. The van der Waals surface area contributed by atoms with Crippen molar-refractivity contribution in [3.8, 4) is 5.88 Å². The molecule has 0 aliphatic heterocycles. The van der Waals surface area contributed by atoms with E-state index in [0.717, 1.165) is 15.9 Å². The van der Waals surface area contributed by atoms with Crippen molar-refractivity contribution >= 4 is 6.09 Å². The molecule has 1 amide bonds. The lowest BCUT2D eigenvalue weighted by molar-refractivity contribution is -0.906. The molecule has 2 aromatic heterocycles. The zero-order valence-corrected chi connectivity index (χ0v) is 11.5. The molecule has 0 fully saturated rings. The fourth-order valence-electron chi connectivity index (χ4n) is 1.63. The SMILES string of the molecule is COc1cc(CNC(=O)OCc2cccnc2)cc[n+]1O. The summed E-state index contributed by atoms with van der Waals surface area (Å²) in [7, 11) is 1.45. The van der Waals surface area contributed by atoms with E-state index in [0.29, 0.717) is 0 Å². The molecule has 0 spiro atoms. The lowest BCUT2D eigenvalue weighted by Gasteiger charge is -2.06. The van der Waals surface area contributed by atoms with Gasteiger partial charge in [0.05, 0.1) is 13.2 Å². The average molecular weight is 290 g/mol. The third-order valence-corrected chi connectivity index (χ3v) is 2.70. The second kappa shape index (κ2) is 7.09. The first-order chi connectivity index (χ1) is 10.2. The van der Waals surface area contributed by atoms with Gasteiger partial charge in [-0.05, 0) is 11.6 Å². The van der Waals surface area contributed by atoms with Gasteiger partial charge in [-0.1, -0.05) is 6.07 Å². The number of methoxy groups -OCH3 is 1. The number of hydrogen-bond donors (Lipinski definition) is 2. The minimum atomic E-state index is -0.529. The number of rotatable bonds is 5. The van der Waals surface area contributed by atoms with Crippen molar-refractivity contribution in [3.05, 3.63) is 54.0 Å². The Morgan fingerprint density at radius 1 is 1.43 bits per heavy atom. The first-order valence-corrected chi connectivity index (χ1v) is 6.26. The molecule has 0 aliphatic rings. The zero-order chi connectivity index (χ0) is 15.1. The molecule has 0 aromatic carbocycles. The minimum Gasteiger partial charge on any atom is -0.445 e. The lowest BCUT2D eigenvalue weighted by atomic mass is 10.2. The highest BCUT2D eigenvalue weighted by molar-refractivity contribution is 5.67. The number of carbonyl (C=O) groups excluding carboxylic acids is 1. The molecule has 0 saturated carbocycles. The van der Waals surface area contributed by atoms with E-state index in [4.69, 9.17) is 9.47 Å². The smallest absolute Gasteiger partial charge is 0.416 e. The van der Waals surface area contributed by atoms with E-state index in [1.165, 1.54) is 13.3 Å². The van der Waals surface area contributed by atoms with Gasteiger partial charge in [-0.2, -0.15) is 0 Å². The van der Waals surface area contributed by atoms with E-state index in [1.807, 2.05) is 6.07 Å². The molecule has 0 atom stereocenters. The Kier molecular flexibility index (Phi) is 4.92. The van der Waals surface area contributed by atoms with Crippen LogP contribution in [0.2, 0.25) is 0 Å². The highest BCUT2D eigenvalue weighted by Gasteiger charge is 2.11. The second-order valence-electron chi connectivity index (χ2n) is 4.21. The number of alkyl carbamates (subject to hydrolysis) is 1. The number of amides is 1. The Balaban J connectivity index is 1.81. The molecular weight excluding hydrogens is 274 g/mol. The van der Waals surface area contributed by atoms with Crippen molar-refractivity contribution in [2.24, 2.45) is 0 Å². The van der Waals surface area contributed by atoms with Crippen molar-refractivity contribution in [2.45, 2.75) is 13.2 Å². The molecule has 21 heavy (non-hydrogen) atoms. The maximum Gasteiger partial charge on any atom is 0.416 e. The van der Waals surface area contributed by atoms with Crippen molar-refractivity contribution in [3.63, 3.8) is 0 Å². The molecule has 7 nitrogen and oxygen atoms in total. The lowest BCUT2D eigenvalue weighted by Crippen LogP contribution is -2.32. The van der Waals surface area contributed by atoms with Gasteiger partial charge in [-0.3, -0.25) is 10.2 Å². The molecule has 110 valence electrons. The van der Waals surface area contributed by atoms with Crippen LogP contribution in [0.4, 0.5) is 4.79 Å². The maximum atomic E-state index is 11.6. The normalized spacial score (nSPS) is 9.95. The molecule has 0 radical (unpaired) electrons. The van der Waals surface area contributed by atoms with Gasteiger partial charge in [-0.15, -0.1) is 0 Å². The highest BCUT2D eigenvalue weighted by atomic mass is 16.5. The van der Waals surface area contributed by atoms with E-state index in [-0.39, 0.29) is 19.0 Å². The van der Waals surface area contributed by atoms with Gasteiger partial charge in [0, 0.05) is 35.3 Å². The molecule has 0 saturated heterocycles. The number of hydrogen-bond acceptors (Lipinski definition) is 5. The number of pyridine rings is 2. The standard InChI is InChI=1S/C14H15N3O4/c1-20-13-7-11(4-6-17(13)19)9-16-14(18)21-10-12-3-2-5-15-8-12/h2-8H,9-10H2,1H3,(H-,16,18,19)/p+1. The first kappa shape index (κ1) is 14.6. The monoisotopic (exact) mass is 290 g/mol. The number of aromatic nitrogens is 2. The van der Waals surface area contributed by atoms with E-state index >= 15 is 0 Å². The van der Waals surface area contributed by atoms with Crippen molar-refractivity contribution in [1.82, 2.24) is 10.3 Å². The van der Waals surface area contributed by atoms with E-state index in [1.54, 1.807) is 30.6 Å². The summed E-state index contributed by atoms with van der Waals surface area (Å²) in [4.78, 5) is 15.5. The number of nitrogens with one attached hydrogen (secondary N) is 1. The van der Waals surface area contributed by atoms with Crippen molar-refractivity contribution in [1.29, 1.82) is 0 Å². The van der Waals surface area contributed by atoms with Crippen molar-refractivity contribution < 1.29 is 24.2 Å². The molecule has 7 heteroatoms. The third-order valence-electron chi connectivity index (χ3n) is 2.70. The molecular formula is C14H16N3O4+. The summed E-state index contributed by atoms with van der Waals surface area (Å²) in [6, 6.07) is 6.87. The Labute approximate surface area is 121 Å². The van der Waals surface area contributed by atoms with Gasteiger partial charge in [0.1, 0.15) is 6.61 Å². The summed E-state index contributed by atoms with van der Waals surface area (Å²) in [6.45, 7) is 0.428. The summed E-state index contributed by atoms with van der Waals surface area (Å²) >= 11 is 0. The summed E-state index contributed by atoms with van der Waals surface area (Å²) in [5, 5.41) is 12.0. The van der Waals surface area contributed by atoms with Crippen LogP contribution in [0.5, 0.6) is 5.88 Å². The molecule has 2 rings (SSSR count).